The van der Waals surface area contributed by atoms with E-state index in [0.717, 1.165) is 0 Å². The van der Waals surface area contributed by atoms with Crippen molar-refractivity contribution in [1.29, 1.82) is 0 Å². The van der Waals surface area contributed by atoms with Crippen LogP contribution in [-0.4, -0.2) is 24.0 Å². The molecule has 1 fully saturated rings. The molecule has 0 radical (unpaired) electrons. The van der Waals surface area contributed by atoms with Crippen molar-refractivity contribution in [3.63, 3.8) is 0 Å². The van der Waals surface area contributed by atoms with Gasteiger partial charge in [0.05, 0.1) is 0 Å². The van der Waals surface area contributed by atoms with Crippen LogP contribution in [0.2, 0.25) is 0 Å². The molecule has 5 nitrogen and oxygen atoms in total. The zero-order valence-corrected chi connectivity index (χ0v) is 7.84. The van der Waals surface area contributed by atoms with E-state index in [4.69, 9.17) is 10.5 Å². The summed E-state index contributed by atoms with van der Waals surface area (Å²) in [5.74, 6) is -0.951. The highest BCUT2D eigenvalue weighted by Gasteiger charge is 2.49. The highest BCUT2D eigenvalue weighted by atomic mass is 16.6. The van der Waals surface area contributed by atoms with Crippen LogP contribution >= 0.6 is 0 Å². The molecule has 78 valence electrons. The van der Waals surface area contributed by atoms with Crippen LogP contribution in [-0.2, 0) is 14.3 Å². The summed E-state index contributed by atoms with van der Waals surface area (Å²) in [5, 5.41) is 2.62. The molecule has 1 heterocycles. The number of carbonyl (C=O) groups excluding carboxylic acids is 2. The molecule has 1 aliphatic rings. The number of hydrogen-bond donors (Lipinski definition) is 2. The zero-order chi connectivity index (χ0) is 10.8. The van der Waals surface area contributed by atoms with Gasteiger partial charge in [0.1, 0.15) is 0 Å². The molecule has 0 spiro atoms. The number of ether oxygens (including phenoxy) is 1. The molecule has 2 rings (SSSR count). The Bertz CT molecular complexity index is 391. The van der Waals surface area contributed by atoms with E-state index in [1.807, 2.05) is 6.07 Å². The fraction of sp³-hybridized carbons (Fsp3) is 0.200. The van der Waals surface area contributed by atoms with Crippen molar-refractivity contribution in [3.05, 3.63) is 30.3 Å². The molecule has 2 amide bonds. The number of hydrogen-bond acceptors (Lipinski definition) is 3. The van der Waals surface area contributed by atoms with Gasteiger partial charge in [-0.3, -0.25) is 9.59 Å². The first-order valence-corrected chi connectivity index (χ1v) is 4.49. The molecule has 1 aromatic carbocycles. The number of benzene rings is 1. The second kappa shape index (κ2) is 3.70. The Morgan fingerprint density at radius 2 is 1.87 bits per heavy atom. The summed E-state index contributed by atoms with van der Waals surface area (Å²) in [7, 11) is 0. The monoisotopic (exact) mass is 206 g/mol. The molecule has 0 saturated carbocycles. The summed E-state index contributed by atoms with van der Waals surface area (Å²) in [6.45, 7) is 0. The summed E-state index contributed by atoms with van der Waals surface area (Å²) in [6, 6.07) is 8.94. The maximum Gasteiger partial charge on any atom is 0.256 e. The Morgan fingerprint density at radius 3 is 2.40 bits per heavy atom. The largest absolute Gasteiger partial charge is 0.367 e. The minimum atomic E-state index is -0.770. The van der Waals surface area contributed by atoms with E-state index >= 15 is 0 Å². The summed E-state index contributed by atoms with van der Waals surface area (Å²) >= 11 is 0. The molecule has 0 bridgehead atoms. The van der Waals surface area contributed by atoms with Gasteiger partial charge in [-0.15, -0.1) is 0 Å². The lowest BCUT2D eigenvalue weighted by molar-refractivity contribution is -0.120. The van der Waals surface area contributed by atoms with Gasteiger partial charge in [0.15, 0.2) is 12.2 Å². The second-order valence-corrected chi connectivity index (χ2v) is 3.23. The molecule has 0 aromatic heterocycles. The Balaban J connectivity index is 1.92. The van der Waals surface area contributed by atoms with E-state index in [-0.39, 0.29) is 5.91 Å². The maximum atomic E-state index is 11.4. The quantitative estimate of drug-likeness (QED) is 0.676. The van der Waals surface area contributed by atoms with Gasteiger partial charge in [-0.05, 0) is 12.1 Å². The molecule has 1 aromatic rings. The van der Waals surface area contributed by atoms with E-state index in [2.05, 4.69) is 5.32 Å². The first-order valence-electron chi connectivity index (χ1n) is 4.49. The van der Waals surface area contributed by atoms with Crippen molar-refractivity contribution in [2.45, 2.75) is 12.2 Å². The molecule has 5 heteroatoms. The molecule has 1 saturated heterocycles. The molecule has 15 heavy (non-hydrogen) atoms. The predicted molar refractivity (Wildman–Crippen MR) is 52.9 cm³/mol. The number of epoxide rings is 1. The molecule has 0 unspecified atom stereocenters. The minimum Gasteiger partial charge on any atom is -0.367 e. The smallest absolute Gasteiger partial charge is 0.256 e. The average molecular weight is 206 g/mol. The molecule has 1 aliphatic heterocycles. The van der Waals surface area contributed by atoms with Gasteiger partial charge in [-0.1, -0.05) is 18.2 Å². The zero-order valence-electron chi connectivity index (χ0n) is 7.84. The lowest BCUT2D eigenvalue weighted by atomic mass is 10.2. The van der Waals surface area contributed by atoms with Crippen molar-refractivity contribution in [2.75, 3.05) is 5.32 Å². The standard InChI is InChI=1S/C10H10N2O3/c11-9(13)7-8(15-7)10(14)12-6-4-2-1-3-5-6/h1-5,7-8H,(H2,11,13)(H,12,14)/t7-,8+/m1/s1. The Labute approximate surface area is 86.2 Å². The topological polar surface area (TPSA) is 84.7 Å². The highest BCUT2D eigenvalue weighted by Crippen LogP contribution is 2.23. The minimum absolute atomic E-state index is 0.343. The number of nitrogens with one attached hydrogen (secondary N) is 1. The predicted octanol–water partition coefficient (Wildman–Crippen LogP) is -0.122. The maximum absolute atomic E-state index is 11.4. The third-order valence-corrected chi connectivity index (χ3v) is 2.07. The van der Waals surface area contributed by atoms with Crippen LogP contribution in [0.1, 0.15) is 0 Å². The van der Waals surface area contributed by atoms with Crippen LogP contribution in [0.3, 0.4) is 0 Å². The SMILES string of the molecule is NC(=O)[C@@H]1O[C@@H]1C(=O)Nc1ccccc1. The Kier molecular flexibility index (Phi) is 2.39. The van der Waals surface area contributed by atoms with E-state index in [0.29, 0.717) is 5.69 Å². The van der Waals surface area contributed by atoms with Gasteiger partial charge in [0.2, 0.25) is 5.91 Å². The summed E-state index contributed by atoms with van der Waals surface area (Å²) in [4.78, 5) is 22.1. The van der Waals surface area contributed by atoms with Crippen molar-refractivity contribution in [3.8, 4) is 0 Å². The summed E-state index contributed by atoms with van der Waals surface area (Å²) in [6.07, 6.45) is -1.50. The average Bonchev–Trinajstić information content (AvgIpc) is 2.98. The van der Waals surface area contributed by atoms with E-state index < -0.39 is 18.1 Å². The fourth-order valence-corrected chi connectivity index (χ4v) is 1.26. The number of amides is 2. The van der Waals surface area contributed by atoms with Crippen molar-refractivity contribution in [2.24, 2.45) is 5.73 Å². The Hall–Kier alpha value is -1.88. The lowest BCUT2D eigenvalue weighted by Gasteiger charge is -2.01. The van der Waals surface area contributed by atoms with Crippen LogP contribution in [0.25, 0.3) is 0 Å². The number of carbonyl (C=O) groups is 2. The van der Waals surface area contributed by atoms with Gasteiger partial charge >= 0.3 is 0 Å². The lowest BCUT2D eigenvalue weighted by Crippen LogP contribution is -2.26. The Morgan fingerprint density at radius 1 is 1.20 bits per heavy atom. The van der Waals surface area contributed by atoms with Crippen molar-refractivity contribution < 1.29 is 14.3 Å². The van der Waals surface area contributed by atoms with Gasteiger partial charge in [-0.2, -0.15) is 0 Å². The van der Waals surface area contributed by atoms with Crippen molar-refractivity contribution in [1.82, 2.24) is 0 Å². The molecule has 2 atom stereocenters. The van der Waals surface area contributed by atoms with E-state index in [1.54, 1.807) is 24.3 Å². The second-order valence-electron chi connectivity index (χ2n) is 3.23. The number of primary amides is 1. The van der Waals surface area contributed by atoms with Crippen LogP contribution in [0.4, 0.5) is 5.69 Å². The van der Waals surface area contributed by atoms with E-state index in [1.165, 1.54) is 0 Å². The van der Waals surface area contributed by atoms with Crippen molar-refractivity contribution >= 4 is 17.5 Å². The summed E-state index contributed by atoms with van der Waals surface area (Å²) < 4.78 is 4.83. The number of para-hydroxylation sites is 1. The van der Waals surface area contributed by atoms with Crippen LogP contribution in [0.15, 0.2) is 30.3 Å². The first-order chi connectivity index (χ1) is 7.18. The number of nitrogens with two attached hydrogens (primary N) is 1. The van der Waals surface area contributed by atoms with Gasteiger partial charge in [0, 0.05) is 5.69 Å². The molecular weight excluding hydrogens is 196 g/mol. The van der Waals surface area contributed by atoms with Gasteiger partial charge in [-0.25, -0.2) is 0 Å². The first kappa shape index (κ1) is 9.67. The van der Waals surface area contributed by atoms with Crippen LogP contribution < -0.4 is 11.1 Å². The van der Waals surface area contributed by atoms with E-state index in [9.17, 15) is 9.59 Å². The third kappa shape index (κ3) is 2.13. The summed E-state index contributed by atoms with van der Waals surface area (Å²) in [5.41, 5.74) is 5.64. The molecular formula is C10H10N2O3. The highest BCUT2D eigenvalue weighted by molar-refractivity contribution is 6.01. The van der Waals surface area contributed by atoms with Gasteiger partial charge < -0.3 is 15.8 Å². The van der Waals surface area contributed by atoms with Crippen LogP contribution in [0, 0.1) is 0 Å². The number of anilines is 1. The van der Waals surface area contributed by atoms with Gasteiger partial charge in [0.25, 0.3) is 5.91 Å². The normalized spacial score (nSPS) is 23.2. The molecule has 0 aliphatic carbocycles. The third-order valence-electron chi connectivity index (χ3n) is 2.07. The fourth-order valence-electron chi connectivity index (χ4n) is 1.26. The molecule has 3 N–H and O–H groups in total. The van der Waals surface area contributed by atoms with Crippen LogP contribution in [0.5, 0.6) is 0 Å². The number of rotatable bonds is 3.